The Labute approximate surface area is 211 Å². The van der Waals surface area contributed by atoms with Crippen LogP contribution in [0.25, 0.3) is 0 Å². The Hall–Kier alpha value is -4.10. The van der Waals surface area contributed by atoms with Crippen molar-refractivity contribution in [1.82, 2.24) is 9.97 Å². The molecule has 1 aliphatic heterocycles. The van der Waals surface area contributed by atoms with Gasteiger partial charge < -0.3 is 25.8 Å². The summed E-state index contributed by atoms with van der Waals surface area (Å²) in [5.41, 5.74) is 7.27. The maximum absolute atomic E-state index is 14.0. The number of aromatic nitrogens is 2. The summed E-state index contributed by atoms with van der Waals surface area (Å²) in [4.78, 5) is 20.7. The van der Waals surface area contributed by atoms with Crippen LogP contribution >= 0.6 is 0 Å². The van der Waals surface area contributed by atoms with Crippen molar-refractivity contribution >= 4 is 38.9 Å². The van der Waals surface area contributed by atoms with Gasteiger partial charge in [-0.15, -0.1) is 0 Å². The van der Waals surface area contributed by atoms with Crippen LogP contribution in [-0.4, -0.2) is 55.8 Å². The van der Waals surface area contributed by atoms with Gasteiger partial charge in [-0.1, -0.05) is 6.08 Å². The lowest BCUT2D eigenvalue weighted by Gasteiger charge is -2.28. The van der Waals surface area contributed by atoms with Crippen LogP contribution in [0.3, 0.4) is 0 Å². The van der Waals surface area contributed by atoms with E-state index < -0.39 is 37.9 Å². The van der Waals surface area contributed by atoms with Crippen molar-refractivity contribution in [3.05, 3.63) is 76.8 Å². The number of sulfone groups is 1. The van der Waals surface area contributed by atoms with Gasteiger partial charge in [0.15, 0.2) is 0 Å². The number of ether oxygens (including phenoxy) is 1. The molecular weight excluding hydrogens is 508 g/mol. The fourth-order valence-electron chi connectivity index (χ4n) is 3.63. The second-order valence-electron chi connectivity index (χ2n) is 8.06. The van der Waals surface area contributed by atoms with Crippen molar-refractivity contribution in [3.63, 3.8) is 0 Å². The molecule has 37 heavy (non-hydrogen) atoms. The van der Waals surface area contributed by atoms with Crippen molar-refractivity contribution in [2.24, 2.45) is 0 Å². The molecule has 4 rings (SSSR count). The molecule has 0 spiro atoms. The first kappa shape index (κ1) is 26.0. The number of hydrogen-bond donors (Lipinski definition) is 3. The van der Waals surface area contributed by atoms with Gasteiger partial charge in [-0.05, 0) is 36.8 Å². The van der Waals surface area contributed by atoms with Crippen LogP contribution in [-0.2, 0) is 21.0 Å². The van der Waals surface area contributed by atoms with Gasteiger partial charge in [0.05, 0.1) is 18.8 Å². The van der Waals surface area contributed by atoms with Crippen LogP contribution in [0.1, 0.15) is 15.9 Å². The van der Waals surface area contributed by atoms with Crippen molar-refractivity contribution in [1.29, 1.82) is 0 Å². The number of aromatic carboxylic acids is 1. The molecule has 194 valence electrons. The second-order valence-corrected chi connectivity index (χ2v) is 9.87. The predicted octanol–water partition coefficient (Wildman–Crippen LogP) is 3.15. The maximum Gasteiger partial charge on any atom is 0.338 e. The van der Waals surface area contributed by atoms with E-state index in [4.69, 9.17) is 15.6 Å². The molecule has 1 saturated heterocycles. The fourth-order valence-corrected chi connectivity index (χ4v) is 4.74. The minimum absolute atomic E-state index is 0.00576. The zero-order chi connectivity index (χ0) is 26.6. The van der Waals surface area contributed by atoms with Gasteiger partial charge in [-0.3, -0.25) is 0 Å². The molecule has 1 aliphatic rings. The highest BCUT2D eigenvalue weighted by molar-refractivity contribution is 7.94. The van der Waals surface area contributed by atoms with Crippen molar-refractivity contribution in [2.45, 2.75) is 11.3 Å². The number of nitrogens with zero attached hydrogens (tertiary/aromatic N) is 3. The van der Waals surface area contributed by atoms with E-state index in [1.807, 2.05) is 24.3 Å². The molecule has 0 aliphatic carbocycles. The molecule has 0 amide bonds. The van der Waals surface area contributed by atoms with Gasteiger partial charge in [0, 0.05) is 47.7 Å². The van der Waals surface area contributed by atoms with Crippen molar-refractivity contribution < 1.29 is 31.8 Å². The number of morpholine rings is 1. The molecule has 0 atom stereocenters. The summed E-state index contributed by atoms with van der Waals surface area (Å²) in [6.07, 6.45) is 2.60. The highest BCUT2D eigenvalue weighted by Crippen LogP contribution is 2.23. The third kappa shape index (κ3) is 6.19. The fraction of sp³-hybridized carbons (Fsp3) is 0.208. The van der Waals surface area contributed by atoms with E-state index in [0.29, 0.717) is 30.3 Å². The number of nitrogens with two attached hydrogens (primary N) is 1. The van der Waals surface area contributed by atoms with Crippen LogP contribution in [0, 0.1) is 11.6 Å². The largest absolute Gasteiger partial charge is 0.478 e. The van der Waals surface area contributed by atoms with E-state index >= 15 is 0 Å². The lowest BCUT2D eigenvalue weighted by atomic mass is 10.2. The SMILES string of the molecule is Nc1nc(Nc2ccc(N3CCOCC3)cc2)ncc1CC=CS(=O)(=O)c1cc(C(=O)O)c(F)cc1F. The Balaban J connectivity index is 1.42. The molecule has 0 bridgehead atoms. The first-order chi connectivity index (χ1) is 17.6. The lowest BCUT2D eigenvalue weighted by Crippen LogP contribution is -2.36. The normalized spacial score (nSPS) is 14.2. The number of carbonyl (C=O) groups is 1. The number of nitrogens with one attached hydrogen (secondary N) is 1. The highest BCUT2D eigenvalue weighted by atomic mass is 32.2. The molecule has 1 aromatic heterocycles. The van der Waals surface area contributed by atoms with Crippen LogP contribution < -0.4 is 16.0 Å². The number of nitrogen functional groups attached to an aromatic ring is 1. The zero-order valence-corrected chi connectivity index (χ0v) is 20.2. The van der Waals surface area contributed by atoms with Crippen molar-refractivity contribution in [2.75, 3.05) is 42.3 Å². The maximum atomic E-state index is 14.0. The van der Waals surface area contributed by atoms with E-state index in [2.05, 4.69) is 20.2 Å². The number of carboxylic acid groups (broad SMARTS) is 1. The Morgan fingerprint density at radius 3 is 2.51 bits per heavy atom. The number of anilines is 4. The van der Waals surface area contributed by atoms with Gasteiger partial charge in [0.25, 0.3) is 0 Å². The lowest BCUT2D eigenvalue weighted by molar-refractivity contribution is 0.0691. The molecule has 1 fully saturated rings. The predicted molar refractivity (Wildman–Crippen MR) is 133 cm³/mol. The Morgan fingerprint density at radius 1 is 1.16 bits per heavy atom. The summed E-state index contributed by atoms with van der Waals surface area (Å²) in [6, 6.07) is 8.38. The Kier molecular flexibility index (Phi) is 7.64. The second kappa shape index (κ2) is 10.9. The monoisotopic (exact) mass is 531 g/mol. The average molecular weight is 532 g/mol. The van der Waals surface area contributed by atoms with Gasteiger partial charge in [-0.25, -0.2) is 27.0 Å². The van der Waals surface area contributed by atoms with Gasteiger partial charge in [0.2, 0.25) is 15.8 Å². The van der Waals surface area contributed by atoms with Gasteiger partial charge in [-0.2, -0.15) is 4.98 Å². The van der Waals surface area contributed by atoms with Crippen molar-refractivity contribution in [3.8, 4) is 0 Å². The molecule has 0 radical (unpaired) electrons. The van der Waals surface area contributed by atoms with Crippen LogP contribution in [0.15, 0.2) is 59.0 Å². The highest BCUT2D eigenvalue weighted by Gasteiger charge is 2.22. The molecule has 0 unspecified atom stereocenters. The topological polar surface area (TPSA) is 148 Å². The first-order valence-corrected chi connectivity index (χ1v) is 12.6. The number of allylic oxidation sites excluding steroid dienone is 1. The minimum Gasteiger partial charge on any atom is -0.478 e. The summed E-state index contributed by atoms with van der Waals surface area (Å²) >= 11 is 0. The van der Waals surface area contributed by atoms with Crippen LogP contribution in [0.2, 0.25) is 0 Å². The summed E-state index contributed by atoms with van der Waals surface area (Å²) in [6.45, 7) is 3.03. The van der Waals surface area contributed by atoms with Crippen LogP contribution in [0.4, 0.5) is 31.9 Å². The van der Waals surface area contributed by atoms with E-state index in [-0.39, 0.29) is 24.3 Å². The summed E-state index contributed by atoms with van der Waals surface area (Å²) in [5, 5.41) is 12.7. The number of carboxylic acids is 1. The molecule has 2 aromatic carbocycles. The Morgan fingerprint density at radius 2 is 1.86 bits per heavy atom. The molecule has 0 saturated carbocycles. The van der Waals surface area contributed by atoms with Gasteiger partial charge >= 0.3 is 5.97 Å². The third-order valence-electron chi connectivity index (χ3n) is 5.57. The first-order valence-electron chi connectivity index (χ1n) is 11.1. The summed E-state index contributed by atoms with van der Waals surface area (Å²) in [7, 11) is -4.40. The molecule has 3 aromatic rings. The van der Waals surface area contributed by atoms with E-state index in [0.717, 1.165) is 24.5 Å². The average Bonchev–Trinajstić information content (AvgIpc) is 2.86. The molecule has 2 heterocycles. The van der Waals surface area contributed by atoms with E-state index in [9.17, 15) is 22.0 Å². The third-order valence-corrected chi connectivity index (χ3v) is 7.05. The quantitative estimate of drug-likeness (QED) is 0.370. The molecule has 4 N–H and O–H groups in total. The molecular formula is C24H23F2N5O5S. The molecule has 10 nitrogen and oxygen atoms in total. The summed E-state index contributed by atoms with van der Waals surface area (Å²) in [5.74, 6) is -4.15. The zero-order valence-electron chi connectivity index (χ0n) is 19.4. The minimum atomic E-state index is -4.40. The Bertz CT molecular complexity index is 1440. The van der Waals surface area contributed by atoms with Gasteiger partial charge in [0.1, 0.15) is 22.3 Å². The van der Waals surface area contributed by atoms with Crippen LogP contribution in [0.5, 0.6) is 0 Å². The van der Waals surface area contributed by atoms with E-state index in [1.54, 1.807) is 0 Å². The smallest absolute Gasteiger partial charge is 0.338 e. The number of halogens is 2. The number of hydrogen-bond acceptors (Lipinski definition) is 9. The molecule has 13 heteroatoms. The van der Waals surface area contributed by atoms with E-state index in [1.165, 1.54) is 12.3 Å². The summed E-state index contributed by atoms with van der Waals surface area (Å²) < 4.78 is 57.9. The number of benzene rings is 2. The standard InChI is InChI=1S/C24H23F2N5O5S/c25-19-13-20(26)21(12-18(19)23(32)33)37(34,35)11-1-2-15-14-28-24(30-22(15)27)29-16-3-5-17(6-4-16)31-7-9-36-10-8-31/h1,3-6,11-14H,2,7-10H2,(H,32,33)(H3,27,28,29,30). The number of rotatable bonds is 8.